The van der Waals surface area contributed by atoms with Gasteiger partial charge in [-0.1, -0.05) is 46.4 Å². The molecule has 1 aromatic rings. The summed E-state index contributed by atoms with van der Waals surface area (Å²) >= 11 is 22.8. The second kappa shape index (κ2) is 6.45. The molecular weight excluding hydrogens is 292 g/mol. The molecule has 0 saturated heterocycles. The van der Waals surface area contributed by atoms with Gasteiger partial charge in [-0.25, -0.2) is 0 Å². The first kappa shape index (κ1) is 13.8. The number of rotatable bonds is 4. The van der Waals surface area contributed by atoms with Crippen molar-refractivity contribution in [2.45, 2.75) is 0 Å². The van der Waals surface area contributed by atoms with Crippen LogP contribution in [0, 0.1) is 0 Å². The van der Waals surface area contributed by atoms with Crippen molar-refractivity contribution in [2.24, 2.45) is 0 Å². The van der Waals surface area contributed by atoms with Crippen LogP contribution < -0.4 is 10.1 Å². The average molecular weight is 301 g/mol. The molecule has 16 heavy (non-hydrogen) atoms. The Bertz CT molecular complexity index is 379. The number of anilines is 1. The smallest absolute Gasteiger partial charge is 0.122 e. The van der Waals surface area contributed by atoms with E-state index in [1.807, 2.05) is 0 Å². The normalized spacial score (nSPS) is 9.81. The van der Waals surface area contributed by atoms with Crippen LogP contribution in [0.4, 0.5) is 5.69 Å². The van der Waals surface area contributed by atoms with E-state index in [4.69, 9.17) is 51.1 Å². The maximum Gasteiger partial charge on any atom is 0.122 e. The number of ether oxygens (including phenoxy) is 1. The minimum atomic E-state index is 0.157. The molecule has 0 amide bonds. The van der Waals surface area contributed by atoms with Crippen molar-refractivity contribution in [3.63, 3.8) is 0 Å². The first-order valence-corrected chi connectivity index (χ1v) is 5.86. The molecule has 88 valence electrons. The van der Waals surface area contributed by atoms with Crippen LogP contribution >= 0.6 is 46.4 Å². The Labute approximate surface area is 114 Å². The lowest BCUT2D eigenvalue weighted by Crippen LogP contribution is -1.96. The van der Waals surface area contributed by atoms with Gasteiger partial charge in [0.05, 0.1) is 15.7 Å². The average Bonchev–Trinajstić information content (AvgIpc) is 2.16. The van der Waals surface area contributed by atoms with E-state index in [9.17, 15) is 0 Å². The van der Waals surface area contributed by atoms with Crippen LogP contribution in [0.3, 0.4) is 0 Å². The van der Waals surface area contributed by atoms with Crippen molar-refractivity contribution >= 4 is 52.1 Å². The SMILES string of the molecule is CNc1c(Cl)cc(OCC=C(Cl)Cl)cc1Cl. The summed E-state index contributed by atoms with van der Waals surface area (Å²) in [6.07, 6.45) is 1.52. The van der Waals surface area contributed by atoms with Gasteiger partial charge < -0.3 is 10.1 Å². The van der Waals surface area contributed by atoms with Gasteiger partial charge in [0, 0.05) is 19.2 Å². The highest BCUT2D eigenvalue weighted by Crippen LogP contribution is 2.34. The highest BCUT2D eigenvalue weighted by molar-refractivity contribution is 6.55. The quantitative estimate of drug-likeness (QED) is 0.868. The van der Waals surface area contributed by atoms with E-state index in [0.29, 0.717) is 21.5 Å². The fourth-order valence-corrected chi connectivity index (χ4v) is 1.85. The van der Waals surface area contributed by atoms with Crippen molar-refractivity contribution in [1.82, 2.24) is 0 Å². The van der Waals surface area contributed by atoms with Crippen molar-refractivity contribution < 1.29 is 4.74 Å². The van der Waals surface area contributed by atoms with Gasteiger partial charge in [-0.2, -0.15) is 0 Å². The first-order valence-electron chi connectivity index (χ1n) is 4.35. The topological polar surface area (TPSA) is 21.3 Å². The fourth-order valence-electron chi connectivity index (χ4n) is 1.07. The van der Waals surface area contributed by atoms with Crippen LogP contribution in [-0.2, 0) is 0 Å². The standard InChI is InChI=1S/C10H9Cl4NO/c1-15-10-7(11)4-6(5-8(10)12)16-3-2-9(13)14/h2,4-5,15H,3H2,1H3. The molecule has 0 aromatic heterocycles. The van der Waals surface area contributed by atoms with Gasteiger partial charge in [-0.05, 0) is 6.08 Å². The molecule has 1 N–H and O–H groups in total. The molecule has 2 nitrogen and oxygen atoms in total. The van der Waals surface area contributed by atoms with Gasteiger partial charge in [0.2, 0.25) is 0 Å². The van der Waals surface area contributed by atoms with Crippen LogP contribution in [0.1, 0.15) is 0 Å². The molecule has 0 aliphatic heterocycles. The van der Waals surface area contributed by atoms with Gasteiger partial charge >= 0.3 is 0 Å². The predicted molar refractivity (Wildman–Crippen MR) is 71.3 cm³/mol. The lowest BCUT2D eigenvalue weighted by atomic mass is 10.3. The number of halogens is 4. The van der Waals surface area contributed by atoms with Gasteiger partial charge in [0.15, 0.2) is 0 Å². The molecule has 0 saturated carbocycles. The number of hydrogen-bond acceptors (Lipinski definition) is 2. The summed E-state index contributed by atoms with van der Waals surface area (Å²) in [5.41, 5.74) is 0.668. The Morgan fingerprint density at radius 1 is 1.31 bits per heavy atom. The third kappa shape index (κ3) is 3.95. The summed E-state index contributed by atoms with van der Waals surface area (Å²) in [7, 11) is 1.74. The van der Waals surface area contributed by atoms with E-state index >= 15 is 0 Å². The van der Waals surface area contributed by atoms with Gasteiger partial charge in [0.25, 0.3) is 0 Å². The van der Waals surface area contributed by atoms with E-state index < -0.39 is 0 Å². The van der Waals surface area contributed by atoms with E-state index in [-0.39, 0.29) is 11.1 Å². The van der Waals surface area contributed by atoms with E-state index in [1.165, 1.54) is 6.08 Å². The van der Waals surface area contributed by atoms with E-state index in [2.05, 4.69) is 5.32 Å². The summed E-state index contributed by atoms with van der Waals surface area (Å²) in [5.74, 6) is 0.555. The maximum atomic E-state index is 5.98. The van der Waals surface area contributed by atoms with Gasteiger partial charge in [-0.15, -0.1) is 0 Å². The Morgan fingerprint density at radius 3 is 2.31 bits per heavy atom. The summed E-state index contributed by atoms with van der Waals surface area (Å²) in [5, 5.41) is 3.87. The number of benzene rings is 1. The Balaban J connectivity index is 2.80. The van der Waals surface area contributed by atoms with E-state index in [0.717, 1.165) is 0 Å². The highest BCUT2D eigenvalue weighted by atomic mass is 35.5. The van der Waals surface area contributed by atoms with Crippen molar-refractivity contribution in [3.05, 3.63) is 32.7 Å². The molecule has 0 unspecified atom stereocenters. The van der Waals surface area contributed by atoms with Crippen LogP contribution in [-0.4, -0.2) is 13.7 Å². The molecule has 0 aliphatic rings. The zero-order valence-corrected chi connectivity index (χ0v) is 11.4. The number of hydrogen-bond donors (Lipinski definition) is 1. The van der Waals surface area contributed by atoms with Crippen LogP contribution in [0.15, 0.2) is 22.7 Å². The second-order valence-electron chi connectivity index (χ2n) is 2.82. The maximum absolute atomic E-state index is 5.98. The molecule has 0 heterocycles. The van der Waals surface area contributed by atoms with E-state index in [1.54, 1.807) is 19.2 Å². The molecule has 1 aromatic carbocycles. The van der Waals surface area contributed by atoms with Crippen molar-refractivity contribution in [2.75, 3.05) is 19.0 Å². The number of nitrogens with one attached hydrogen (secondary N) is 1. The van der Waals surface area contributed by atoms with Gasteiger partial charge in [0.1, 0.15) is 16.8 Å². The molecule has 0 fully saturated rings. The lowest BCUT2D eigenvalue weighted by molar-refractivity contribution is 0.363. The third-order valence-electron chi connectivity index (χ3n) is 1.75. The minimum Gasteiger partial charge on any atom is -0.489 e. The largest absolute Gasteiger partial charge is 0.489 e. The highest BCUT2D eigenvalue weighted by Gasteiger charge is 2.06. The summed E-state index contributed by atoms with van der Waals surface area (Å²) < 4.78 is 5.49. The van der Waals surface area contributed by atoms with Gasteiger partial charge in [-0.3, -0.25) is 0 Å². The van der Waals surface area contributed by atoms with Crippen LogP contribution in [0.25, 0.3) is 0 Å². The molecule has 0 aliphatic carbocycles. The Morgan fingerprint density at radius 2 is 1.88 bits per heavy atom. The summed E-state index contributed by atoms with van der Waals surface area (Å²) in [6, 6.07) is 3.32. The Hall–Kier alpha value is -0.280. The molecule has 0 spiro atoms. The molecule has 6 heteroatoms. The van der Waals surface area contributed by atoms with Crippen LogP contribution in [0.5, 0.6) is 5.75 Å². The molecule has 1 rings (SSSR count). The molecule has 0 radical (unpaired) electrons. The fraction of sp³-hybridized carbons (Fsp3) is 0.200. The lowest BCUT2D eigenvalue weighted by Gasteiger charge is -2.09. The second-order valence-corrected chi connectivity index (χ2v) is 4.64. The Kier molecular flexibility index (Phi) is 5.56. The molecule has 0 bridgehead atoms. The molecular formula is C10H9Cl4NO. The summed E-state index contributed by atoms with van der Waals surface area (Å²) in [6.45, 7) is 0.258. The zero-order chi connectivity index (χ0) is 12.1. The minimum absolute atomic E-state index is 0.157. The monoisotopic (exact) mass is 299 g/mol. The molecule has 0 atom stereocenters. The summed E-state index contributed by atoms with van der Waals surface area (Å²) in [4.78, 5) is 0. The first-order chi connectivity index (χ1) is 7.54. The van der Waals surface area contributed by atoms with Crippen LogP contribution in [0.2, 0.25) is 10.0 Å². The zero-order valence-electron chi connectivity index (χ0n) is 8.36. The van der Waals surface area contributed by atoms with Crippen molar-refractivity contribution in [3.8, 4) is 5.75 Å². The predicted octanol–water partition coefficient (Wildman–Crippen LogP) is 4.73. The third-order valence-corrected chi connectivity index (χ3v) is 2.66. The van der Waals surface area contributed by atoms with Crippen molar-refractivity contribution in [1.29, 1.82) is 0 Å².